The summed E-state index contributed by atoms with van der Waals surface area (Å²) in [5.41, 5.74) is 12.4. The van der Waals surface area contributed by atoms with Gasteiger partial charge in [-0.15, -0.1) is 0 Å². The molecule has 5 unspecified atom stereocenters. The van der Waals surface area contributed by atoms with Gasteiger partial charge in [-0.05, 0) is 49.3 Å². The first-order valence-corrected chi connectivity index (χ1v) is 14.2. The lowest BCUT2D eigenvalue weighted by Gasteiger charge is -2.26. The second-order valence-electron chi connectivity index (χ2n) is 9.19. The van der Waals surface area contributed by atoms with E-state index in [0.29, 0.717) is 38.0 Å². The summed E-state index contributed by atoms with van der Waals surface area (Å²) in [5.74, 6) is -2.41. The van der Waals surface area contributed by atoms with E-state index in [0.717, 1.165) is 12.0 Å². The molecule has 11 heteroatoms. The van der Waals surface area contributed by atoms with Crippen LogP contribution in [0.2, 0.25) is 0 Å². The number of hydrogen-bond acceptors (Lipinski definition) is 7. The van der Waals surface area contributed by atoms with E-state index in [2.05, 4.69) is 16.0 Å². The number of unbranched alkanes of at least 4 members (excludes halogenated alkanes) is 1. The number of hydrogen-bond donors (Lipinski definition) is 6. The van der Waals surface area contributed by atoms with Gasteiger partial charge in [-0.1, -0.05) is 57.0 Å². The Morgan fingerprint density at radius 1 is 0.946 bits per heavy atom. The van der Waals surface area contributed by atoms with Gasteiger partial charge in [-0.3, -0.25) is 14.4 Å². The van der Waals surface area contributed by atoms with E-state index in [4.69, 9.17) is 11.5 Å². The van der Waals surface area contributed by atoms with Gasteiger partial charge in [-0.2, -0.15) is 11.8 Å². The molecule has 0 aromatic heterocycles. The Kier molecular flexibility index (Phi) is 15.6. The van der Waals surface area contributed by atoms with Crippen LogP contribution in [0.1, 0.15) is 51.5 Å². The van der Waals surface area contributed by atoms with E-state index in [9.17, 15) is 24.3 Å². The zero-order valence-corrected chi connectivity index (χ0v) is 22.9. The molecule has 208 valence electrons. The molecule has 0 aliphatic carbocycles. The minimum absolute atomic E-state index is 0.204. The van der Waals surface area contributed by atoms with Crippen LogP contribution in [0.5, 0.6) is 0 Å². The molecule has 1 rings (SSSR count). The average Bonchev–Trinajstić information content (AvgIpc) is 2.88. The largest absolute Gasteiger partial charge is 0.480 e. The molecule has 37 heavy (non-hydrogen) atoms. The molecule has 3 amide bonds. The molecule has 0 aliphatic rings. The van der Waals surface area contributed by atoms with E-state index >= 15 is 0 Å². The number of nitrogens with two attached hydrogens (primary N) is 2. The van der Waals surface area contributed by atoms with Crippen molar-refractivity contribution in [1.82, 2.24) is 16.0 Å². The van der Waals surface area contributed by atoms with Gasteiger partial charge in [0, 0.05) is 6.42 Å². The lowest BCUT2D eigenvalue weighted by atomic mass is 9.98. The van der Waals surface area contributed by atoms with Crippen molar-refractivity contribution in [1.29, 1.82) is 0 Å². The Morgan fingerprint density at radius 2 is 1.57 bits per heavy atom. The smallest absolute Gasteiger partial charge is 0.326 e. The summed E-state index contributed by atoms with van der Waals surface area (Å²) < 4.78 is 0. The lowest BCUT2D eigenvalue weighted by Crippen LogP contribution is -2.58. The first-order valence-electron chi connectivity index (χ1n) is 12.8. The van der Waals surface area contributed by atoms with Gasteiger partial charge in [0.25, 0.3) is 0 Å². The van der Waals surface area contributed by atoms with E-state index in [1.165, 1.54) is 11.8 Å². The van der Waals surface area contributed by atoms with Crippen LogP contribution in [0, 0.1) is 5.92 Å². The first kappa shape index (κ1) is 32.4. The molecule has 1 aromatic carbocycles. The number of carbonyl (C=O) groups is 4. The molecule has 0 radical (unpaired) electrons. The number of rotatable bonds is 18. The number of benzene rings is 1. The topological polar surface area (TPSA) is 177 Å². The predicted molar refractivity (Wildman–Crippen MR) is 147 cm³/mol. The highest BCUT2D eigenvalue weighted by molar-refractivity contribution is 7.98. The Labute approximate surface area is 224 Å². The highest BCUT2D eigenvalue weighted by atomic mass is 32.2. The highest BCUT2D eigenvalue weighted by Gasteiger charge is 2.31. The monoisotopic (exact) mass is 537 g/mol. The Balaban J connectivity index is 3.06. The van der Waals surface area contributed by atoms with Gasteiger partial charge in [0.2, 0.25) is 17.7 Å². The fourth-order valence-electron chi connectivity index (χ4n) is 3.69. The standard InChI is InChI=1S/C26H43N5O5S/c1-4-17(2)22(26(35)36)31-24(33)20(13-15-37-3)29-25(34)21(16-18-10-6-5-7-11-18)30-23(32)19(28)12-8-9-14-27/h5-7,10-11,17,19-22H,4,8-9,12-16,27-28H2,1-3H3,(H,29,34)(H,30,32)(H,31,33)(H,35,36). The highest BCUT2D eigenvalue weighted by Crippen LogP contribution is 2.11. The first-order chi connectivity index (χ1) is 17.6. The number of carbonyl (C=O) groups excluding carboxylic acids is 3. The lowest BCUT2D eigenvalue weighted by molar-refractivity contribution is -0.143. The second kappa shape index (κ2) is 17.8. The minimum atomic E-state index is -1.13. The number of thioether (sulfide) groups is 1. The molecule has 0 saturated heterocycles. The summed E-state index contributed by atoms with van der Waals surface area (Å²) in [6, 6.07) is 5.41. The Bertz CT molecular complexity index is 857. The molecular formula is C26H43N5O5S. The molecular weight excluding hydrogens is 494 g/mol. The fraction of sp³-hybridized carbons (Fsp3) is 0.615. The van der Waals surface area contributed by atoms with Crippen molar-refractivity contribution in [3.63, 3.8) is 0 Å². The van der Waals surface area contributed by atoms with E-state index < -0.39 is 47.9 Å². The summed E-state index contributed by atoms with van der Waals surface area (Å²) in [5, 5.41) is 17.6. The summed E-state index contributed by atoms with van der Waals surface area (Å²) in [4.78, 5) is 50.9. The molecule has 0 heterocycles. The SMILES string of the molecule is CCC(C)C(NC(=O)C(CCSC)NC(=O)C(Cc1ccccc1)NC(=O)C(N)CCCCN)C(=O)O. The minimum Gasteiger partial charge on any atom is -0.480 e. The van der Waals surface area contributed by atoms with Crippen molar-refractivity contribution in [2.75, 3.05) is 18.6 Å². The van der Waals surface area contributed by atoms with Crippen LogP contribution in [0.25, 0.3) is 0 Å². The number of carboxylic acids is 1. The molecule has 10 nitrogen and oxygen atoms in total. The molecule has 0 fully saturated rings. The Morgan fingerprint density at radius 3 is 2.14 bits per heavy atom. The van der Waals surface area contributed by atoms with Crippen LogP contribution in [-0.4, -0.2) is 71.5 Å². The molecule has 5 atom stereocenters. The average molecular weight is 538 g/mol. The van der Waals surface area contributed by atoms with E-state index in [-0.39, 0.29) is 12.3 Å². The third-order valence-corrected chi connectivity index (χ3v) is 6.89. The summed E-state index contributed by atoms with van der Waals surface area (Å²) in [7, 11) is 0. The van der Waals surface area contributed by atoms with Crippen LogP contribution in [0.4, 0.5) is 0 Å². The van der Waals surface area contributed by atoms with Crippen LogP contribution in [0.15, 0.2) is 30.3 Å². The van der Waals surface area contributed by atoms with Crippen molar-refractivity contribution in [3.05, 3.63) is 35.9 Å². The van der Waals surface area contributed by atoms with Gasteiger partial charge in [-0.25, -0.2) is 4.79 Å². The van der Waals surface area contributed by atoms with Crippen molar-refractivity contribution in [2.24, 2.45) is 17.4 Å². The van der Waals surface area contributed by atoms with Gasteiger partial charge >= 0.3 is 5.97 Å². The molecule has 1 aromatic rings. The Hall–Kier alpha value is -2.63. The van der Waals surface area contributed by atoms with Gasteiger partial charge in [0.1, 0.15) is 18.1 Å². The van der Waals surface area contributed by atoms with Crippen LogP contribution >= 0.6 is 11.8 Å². The zero-order valence-electron chi connectivity index (χ0n) is 22.1. The quantitative estimate of drug-likeness (QED) is 0.150. The molecule has 0 spiro atoms. The third kappa shape index (κ3) is 12.0. The van der Waals surface area contributed by atoms with E-state index in [1.807, 2.05) is 43.5 Å². The van der Waals surface area contributed by atoms with Crippen molar-refractivity contribution >= 4 is 35.5 Å². The maximum atomic E-state index is 13.4. The number of amides is 3. The van der Waals surface area contributed by atoms with E-state index in [1.54, 1.807) is 6.92 Å². The maximum absolute atomic E-state index is 13.4. The predicted octanol–water partition coefficient (Wildman–Crippen LogP) is 1.02. The third-order valence-electron chi connectivity index (χ3n) is 6.24. The number of nitrogens with one attached hydrogen (secondary N) is 3. The van der Waals surface area contributed by atoms with Crippen LogP contribution in [-0.2, 0) is 25.6 Å². The summed E-state index contributed by atoms with van der Waals surface area (Å²) in [6.07, 6.45) is 4.82. The number of carboxylic acid groups (broad SMARTS) is 1. The molecule has 0 saturated carbocycles. The summed E-state index contributed by atoms with van der Waals surface area (Å²) >= 11 is 1.50. The molecule has 8 N–H and O–H groups in total. The van der Waals surface area contributed by atoms with Crippen molar-refractivity contribution < 1.29 is 24.3 Å². The van der Waals surface area contributed by atoms with Gasteiger partial charge in [0.15, 0.2) is 0 Å². The number of aliphatic carboxylic acids is 1. The normalized spacial score (nSPS) is 15.1. The summed E-state index contributed by atoms with van der Waals surface area (Å²) in [6.45, 7) is 4.10. The molecule has 0 aliphatic heterocycles. The van der Waals surface area contributed by atoms with Crippen molar-refractivity contribution in [3.8, 4) is 0 Å². The van der Waals surface area contributed by atoms with Gasteiger partial charge in [0.05, 0.1) is 6.04 Å². The van der Waals surface area contributed by atoms with Crippen molar-refractivity contribution in [2.45, 2.75) is 76.5 Å². The second-order valence-corrected chi connectivity index (χ2v) is 10.2. The zero-order chi connectivity index (χ0) is 27.8. The van der Waals surface area contributed by atoms with Crippen LogP contribution in [0.3, 0.4) is 0 Å². The fourth-order valence-corrected chi connectivity index (χ4v) is 4.16. The van der Waals surface area contributed by atoms with Gasteiger partial charge < -0.3 is 32.5 Å². The molecule has 0 bridgehead atoms. The van der Waals surface area contributed by atoms with Crippen LogP contribution < -0.4 is 27.4 Å². The maximum Gasteiger partial charge on any atom is 0.326 e.